The molecule has 4 nitrogen and oxygen atoms in total. The standard InChI is InChI=1S/C12H15N3O/c1-16-12-4-3-10(7-11(12)8-13)9-15-6-2-5-14-15/h2-7H,8-9,13H2,1H3. The number of nitrogens with zero attached hydrogens (tertiary/aromatic N) is 2. The van der Waals surface area contributed by atoms with Crippen molar-refractivity contribution in [3.63, 3.8) is 0 Å². The Labute approximate surface area is 94.6 Å². The smallest absolute Gasteiger partial charge is 0.123 e. The third kappa shape index (κ3) is 2.23. The van der Waals surface area contributed by atoms with E-state index in [9.17, 15) is 0 Å². The molecule has 0 unspecified atom stereocenters. The van der Waals surface area contributed by atoms with Crippen molar-refractivity contribution >= 4 is 0 Å². The van der Waals surface area contributed by atoms with E-state index in [-0.39, 0.29) is 0 Å². The van der Waals surface area contributed by atoms with Crippen LogP contribution in [0.2, 0.25) is 0 Å². The van der Waals surface area contributed by atoms with Crippen molar-refractivity contribution in [3.8, 4) is 5.75 Å². The van der Waals surface area contributed by atoms with Crippen molar-refractivity contribution in [1.29, 1.82) is 0 Å². The van der Waals surface area contributed by atoms with E-state index in [0.717, 1.165) is 17.9 Å². The van der Waals surface area contributed by atoms with Crippen molar-refractivity contribution in [2.45, 2.75) is 13.1 Å². The molecule has 1 aromatic heterocycles. The van der Waals surface area contributed by atoms with E-state index < -0.39 is 0 Å². The van der Waals surface area contributed by atoms with E-state index in [1.807, 2.05) is 29.1 Å². The maximum atomic E-state index is 5.67. The Hall–Kier alpha value is -1.81. The Balaban J connectivity index is 2.22. The van der Waals surface area contributed by atoms with Crippen molar-refractivity contribution in [3.05, 3.63) is 47.8 Å². The molecule has 2 aromatic rings. The van der Waals surface area contributed by atoms with E-state index in [2.05, 4.69) is 11.2 Å². The van der Waals surface area contributed by atoms with E-state index in [1.165, 1.54) is 5.56 Å². The van der Waals surface area contributed by atoms with Crippen LogP contribution in [-0.4, -0.2) is 16.9 Å². The number of benzene rings is 1. The quantitative estimate of drug-likeness (QED) is 0.842. The summed E-state index contributed by atoms with van der Waals surface area (Å²) in [6.45, 7) is 1.24. The molecule has 0 bridgehead atoms. The first-order valence-electron chi connectivity index (χ1n) is 5.17. The second kappa shape index (κ2) is 4.81. The van der Waals surface area contributed by atoms with Crippen molar-refractivity contribution in [1.82, 2.24) is 9.78 Å². The van der Waals surface area contributed by atoms with E-state index in [1.54, 1.807) is 13.3 Å². The lowest BCUT2D eigenvalue weighted by molar-refractivity contribution is 0.409. The largest absolute Gasteiger partial charge is 0.496 e. The molecular formula is C12H15N3O. The minimum Gasteiger partial charge on any atom is -0.496 e. The van der Waals surface area contributed by atoms with Gasteiger partial charge in [0.2, 0.25) is 0 Å². The van der Waals surface area contributed by atoms with Gasteiger partial charge in [0.05, 0.1) is 13.7 Å². The molecule has 16 heavy (non-hydrogen) atoms. The molecule has 0 aliphatic rings. The molecule has 0 saturated carbocycles. The van der Waals surface area contributed by atoms with Gasteiger partial charge in [-0.05, 0) is 23.8 Å². The fraction of sp³-hybridized carbons (Fsp3) is 0.250. The van der Waals surface area contributed by atoms with E-state index in [0.29, 0.717) is 6.54 Å². The number of ether oxygens (including phenoxy) is 1. The van der Waals surface area contributed by atoms with Gasteiger partial charge in [-0.25, -0.2) is 0 Å². The summed E-state index contributed by atoms with van der Waals surface area (Å²) in [5, 5.41) is 4.16. The average Bonchev–Trinajstić information content (AvgIpc) is 2.81. The molecule has 2 rings (SSSR count). The molecular weight excluding hydrogens is 202 g/mol. The molecule has 0 aliphatic carbocycles. The molecule has 84 valence electrons. The summed E-state index contributed by atoms with van der Waals surface area (Å²) < 4.78 is 7.10. The van der Waals surface area contributed by atoms with Crippen LogP contribution in [0.3, 0.4) is 0 Å². The molecule has 1 aromatic carbocycles. The fourth-order valence-electron chi connectivity index (χ4n) is 1.67. The highest BCUT2D eigenvalue weighted by Crippen LogP contribution is 2.19. The van der Waals surface area contributed by atoms with Gasteiger partial charge in [-0.15, -0.1) is 0 Å². The van der Waals surface area contributed by atoms with Crippen LogP contribution in [-0.2, 0) is 13.1 Å². The minimum atomic E-state index is 0.482. The summed E-state index contributed by atoms with van der Waals surface area (Å²) in [5.41, 5.74) is 7.86. The molecule has 0 atom stereocenters. The zero-order valence-electron chi connectivity index (χ0n) is 9.26. The third-order valence-corrected chi connectivity index (χ3v) is 2.47. The summed E-state index contributed by atoms with van der Waals surface area (Å²) >= 11 is 0. The van der Waals surface area contributed by atoms with Crippen LogP contribution in [0, 0.1) is 0 Å². The van der Waals surface area contributed by atoms with Gasteiger partial charge in [-0.3, -0.25) is 4.68 Å². The second-order valence-electron chi connectivity index (χ2n) is 3.55. The van der Waals surface area contributed by atoms with E-state index in [4.69, 9.17) is 10.5 Å². The summed E-state index contributed by atoms with van der Waals surface area (Å²) in [6, 6.07) is 7.94. The number of nitrogens with two attached hydrogens (primary N) is 1. The summed E-state index contributed by atoms with van der Waals surface area (Å²) in [5.74, 6) is 0.840. The predicted molar refractivity (Wildman–Crippen MR) is 62.2 cm³/mol. The first-order chi connectivity index (χ1) is 7.83. The Morgan fingerprint density at radius 1 is 1.44 bits per heavy atom. The highest BCUT2D eigenvalue weighted by atomic mass is 16.5. The van der Waals surface area contributed by atoms with Crippen LogP contribution >= 0.6 is 0 Å². The summed E-state index contributed by atoms with van der Waals surface area (Å²) in [7, 11) is 1.65. The van der Waals surface area contributed by atoms with Gasteiger partial charge in [-0.1, -0.05) is 6.07 Å². The number of methoxy groups -OCH3 is 1. The molecule has 0 saturated heterocycles. The maximum Gasteiger partial charge on any atom is 0.123 e. The first-order valence-corrected chi connectivity index (χ1v) is 5.17. The third-order valence-electron chi connectivity index (χ3n) is 2.47. The molecule has 1 heterocycles. The Bertz CT molecular complexity index is 451. The summed E-state index contributed by atoms with van der Waals surface area (Å²) in [4.78, 5) is 0. The van der Waals surface area contributed by atoms with E-state index >= 15 is 0 Å². The van der Waals surface area contributed by atoms with Crippen LogP contribution in [0.25, 0.3) is 0 Å². The molecule has 0 amide bonds. The molecule has 0 spiro atoms. The zero-order chi connectivity index (χ0) is 11.4. The van der Waals surface area contributed by atoms with Crippen molar-refractivity contribution in [2.75, 3.05) is 7.11 Å². The zero-order valence-corrected chi connectivity index (χ0v) is 9.26. The van der Waals surface area contributed by atoms with Gasteiger partial charge < -0.3 is 10.5 Å². The fourth-order valence-corrected chi connectivity index (χ4v) is 1.67. The minimum absolute atomic E-state index is 0.482. The van der Waals surface area contributed by atoms with Crippen molar-refractivity contribution in [2.24, 2.45) is 5.73 Å². The number of hydrogen-bond acceptors (Lipinski definition) is 3. The number of hydrogen-bond donors (Lipinski definition) is 1. The van der Waals surface area contributed by atoms with Crippen LogP contribution in [0.5, 0.6) is 5.75 Å². The van der Waals surface area contributed by atoms with Crippen LogP contribution in [0.15, 0.2) is 36.7 Å². The lowest BCUT2D eigenvalue weighted by atomic mass is 10.1. The topological polar surface area (TPSA) is 53.1 Å². The number of rotatable bonds is 4. The van der Waals surface area contributed by atoms with Gasteiger partial charge in [0, 0.05) is 24.5 Å². The first kappa shape index (κ1) is 10.7. The normalized spacial score (nSPS) is 10.4. The Morgan fingerprint density at radius 3 is 2.94 bits per heavy atom. The van der Waals surface area contributed by atoms with Gasteiger partial charge in [0.1, 0.15) is 5.75 Å². The lowest BCUT2D eigenvalue weighted by Crippen LogP contribution is -2.04. The van der Waals surface area contributed by atoms with Crippen LogP contribution in [0.4, 0.5) is 0 Å². The molecule has 2 N–H and O–H groups in total. The Morgan fingerprint density at radius 2 is 2.31 bits per heavy atom. The predicted octanol–water partition coefficient (Wildman–Crippen LogP) is 1.40. The maximum absolute atomic E-state index is 5.67. The molecule has 4 heteroatoms. The molecule has 0 fully saturated rings. The highest BCUT2D eigenvalue weighted by Gasteiger charge is 2.03. The Kier molecular flexibility index (Phi) is 3.22. The van der Waals surface area contributed by atoms with Crippen LogP contribution in [0.1, 0.15) is 11.1 Å². The molecule has 0 radical (unpaired) electrons. The van der Waals surface area contributed by atoms with Crippen LogP contribution < -0.4 is 10.5 Å². The highest BCUT2D eigenvalue weighted by molar-refractivity contribution is 5.37. The lowest BCUT2D eigenvalue weighted by Gasteiger charge is -2.09. The van der Waals surface area contributed by atoms with Gasteiger partial charge in [0.25, 0.3) is 0 Å². The second-order valence-corrected chi connectivity index (χ2v) is 3.55. The van der Waals surface area contributed by atoms with Gasteiger partial charge >= 0.3 is 0 Å². The van der Waals surface area contributed by atoms with Gasteiger partial charge in [0.15, 0.2) is 0 Å². The monoisotopic (exact) mass is 217 g/mol. The van der Waals surface area contributed by atoms with Gasteiger partial charge in [-0.2, -0.15) is 5.10 Å². The SMILES string of the molecule is COc1ccc(Cn2cccn2)cc1CN. The average molecular weight is 217 g/mol. The summed E-state index contributed by atoms with van der Waals surface area (Å²) in [6.07, 6.45) is 3.71. The van der Waals surface area contributed by atoms with Crippen molar-refractivity contribution < 1.29 is 4.74 Å². The molecule has 0 aliphatic heterocycles. The number of aromatic nitrogens is 2.